The SMILES string of the molecule is CN1CCC[C@@H](CNC(=O)[C@H]2CCCN2C(=O)[C@@H]2C[C@@H](O)CN2C(=O)CC(c2ccccc2)(c2ccccc2)c2ccccc2)C1. The summed E-state index contributed by atoms with van der Waals surface area (Å²) in [5, 5.41) is 14.0. The van der Waals surface area contributed by atoms with Crippen LogP contribution in [0, 0.1) is 5.92 Å². The fourth-order valence-electron chi connectivity index (χ4n) is 7.92. The Kier molecular flexibility index (Phi) is 9.85. The Morgan fingerprint density at radius 2 is 1.33 bits per heavy atom. The van der Waals surface area contributed by atoms with Gasteiger partial charge >= 0.3 is 0 Å². The number of rotatable bonds is 9. The Morgan fingerprint density at radius 1 is 0.761 bits per heavy atom. The highest BCUT2D eigenvalue weighted by Crippen LogP contribution is 2.43. The molecule has 0 unspecified atom stereocenters. The Balaban J connectivity index is 1.25. The number of benzene rings is 3. The Bertz CT molecular complexity index is 1390. The molecule has 6 rings (SSSR count). The third-order valence-corrected chi connectivity index (χ3v) is 10.2. The van der Waals surface area contributed by atoms with Crippen molar-refractivity contribution in [2.75, 3.05) is 39.8 Å². The van der Waals surface area contributed by atoms with Gasteiger partial charge in [-0.1, -0.05) is 91.0 Å². The largest absolute Gasteiger partial charge is 0.391 e. The highest BCUT2D eigenvalue weighted by atomic mass is 16.3. The number of nitrogens with one attached hydrogen (secondary N) is 1. The van der Waals surface area contributed by atoms with E-state index in [0.29, 0.717) is 25.4 Å². The standard InChI is InChI=1S/C38H46N4O4/c1-40-21-11-13-28(26-40)25-39-36(45)33-20-12-22-41(33)37(46)34-23-32(43)27-42(34)35(44)24-38(29-14-5-2-6-15-29,30-16-7-3-8-17-30)31-18-9-4-10-19-31/h2-10,14-19,28,32-34,43H,11-13,20-27H2,1H3,(H,39,45)/t28-,32+,33+,34-/m0/s1. The van der Waals surface area contributed by atoms with Crippen molar-refractivity contribution < 1.29 is 19.5 Å². The molecule has 0 radical (unpaired) electrons. The molecule has 3 aliphatic heterocycles. The second kappa shape index (κ2) is 14.2. The van der Waals surface area contributed by atoms with Crippen molar-refractivity contribution in [3.63, 3.8) is 0 Å². The van der Waals surface area contributed by atoms with E-state index in [2.05, 4.69) is 17.3 Å². The number of carbonyl (C=O) groups excluding carboxylic acids is 3. The first-order valence-electron chi connectivity index (χ1n) is 16.8. The third-order valence-electron chi connectivity index (χ3n) is 10.2. The monoisotopic (exact) mass is 622 g/mol. The van der Waals surface area contributed by atoms with Crippen LogP contribution in [0.5, 0.6) is 0 Å². The zero-order valence-corrected chi connectivity index (χ0v) is 26.8. The molecule has 3 amide bonds. The molecule has 3 heterocycles. The molecule has 242 valence electrons. The van der Waals surface area contributed by atoms with E-state index in [0.717, 1.165) is 49.0 Å². The average molecular weight is 623 g/mol. The summed E-state index contributed by atoms with van der Waals surface area (Å²) in [6, 6.07) is 28.7. The predicted molar refractivity (Wildman–Crippen MR) is 178 cm³/mol. The maximum Gasteiger partial charge on any atom is 0.246 e. The Labute approximate surface area is 272 Å². The smallest absolute Gasteiger partial charge is 0.246 e. The minimum absolute atomic E-state index is 0.0846. The second-order valence-electron chi connectivity index (χ2n) is 13.3. The number of carbonyl (C=O) groups is 3. The van der Waals surface area contributed by atoms with Gasteiger partial charge in [0.2, 0.25) is 17.7 Å². The van der Waals surface area contributed by atoms with Crippen molar-refractivity contribution in [2.45, 2.75) is 62.1 Å². The summed E-state index contributed by atoms with van der Waals surface area (Å²) in [5.41, 5.74) is 2.11. The molecule has 0 bridgehead atoms. The minimum Gasteiger partial charge on any atom is -0.391 e. The third kappa shape index (κ3) is 6.60. The van der Waals surface area contributed by atoms with Crippen molar-refractivity contribution in [3.05, 3.63) is 108 Å². The zero-order chi connectivity index (χ0) is 32.1. The maximum absolute atomic E-state index is 14.5. The van der Waals surface area contributed by atoms with Gasteiger partial charge in [-0.05, 0) is 61.9 Å². The summed E-state index contributed by atoms with van der Waals surface area (Å²) in [7, 11) is 2.11. The van der Waals surface area contributed by atoms with Crippen LogP contribution < -0.4 is 5.32 Å². The van der Waals surface area contributed by atoms with Gasteiger partial charge in [0, 0.05) is 39.0 Å². The molecule has 8 nitrogen and oxygen atoms in total. The van der Waals surface area contributed by atoms with E-state index in [1.807, 2.05) is 91.0 Å². The summed E-state index contributed by atoms with van der Waals surface area (Å²) in [4.78, 5) is 47.6. The highest BCUT2D eigenvalue weighted by molar-refractivity contribution is 5.93. The summed E-state index contributed by atoms with van der Waals surface area (Å²) < 4.78 is 0. The van der Waals surface area contributed by atoms with Gasteiger partial charge in [0.15, 0.2) is 0 Å². The van der Waals surface area contributed by atoms with Crippen molar-refractivity contribution >= 4 is 17.7 Å². The van der Waals surface area contributed by atoms with Crippen molar-refractivity contribution in [3.8, 4) is 0 Å². The van der Waals surface area contributed by atoms with Gasteiger partial charge in [0.25, 0.3) is 0 Å². The van der Waals surface area contributed by atoms with Gasteiger partial charge in [0.1, 0.15) is 12.1 Å². The van der Waals surface area contributed by atoms with Gasteiger partial charge in [-0.3, -0.25) is 14.4 Å². The topological polar surface area (TPSA) is 93.2 Å². The van der Waals surface area contributed by atoms with E-state index in [1.54, 1.807) is 9.80 Å². The van der Waals surface area contributed by atoms with Gasteiger partial charge in [0.05, 0.1) is 11.5 Å². The van der Waals surface area contributed by atoms with E-state index < -0.39 is 23.6 Å². The fourth-order valence-corrected chi connectivity index (χ4v) is 7.92. The number of piperidine rings is 1. The Hall–Kier alpha value is -4.01. The van der Waals surface area contributed by atoms with Crippen molar-refractivity contribution in [1.82, 2.24) is 20.0 Å². The summed E-state index contributed by atoms with van der Waals surface area (Å²) in [6.45, 7) is 3.21. The zero-order valence-electron chi connectivity index (χ0n) is 26.8. The molecule has 3 aromatic rings. The lowest BCUT2D eigenvalue weighted by Gasteiger charge is -2.38. The minimum atomic E-state index is -0.817. The van der Waals surface area contributed by atoms with Gasteiger partial charge in [-0.25, -0.2) is 0 Å². The van der Waals surface area contributed by atoms with E-state index >= 15 is 0 Å². The van der Waals surface area contributed by atoms with Crippen molar-refractivity contribution in [2.24, 2.45) is 5.92 Å². The summed E-state index contributed by atoms with van der Waals surface area (Å²) >= 11 is 0. The molecule has 3 aliphatic rings. The highest BCUT2D eigenvalue weighted by Gasteiger charge is 2.47. The van der Waals surface area contributed by atoms with Crippen LogP contribution in [-0.4, -0.2) is 95.5 Å². The van der Waals surface area contributed by atoms with Gasteiger partial charge in [-0.2, -0.15) is 0 Å². The van der Waals surface area contributed by atoms with Crippen LogP contribution in [0.1, 0.15) is 55.2 Å². The van der Waals surface area contributed by atoms with E-state index in [-0.39, 0.29) is 37.1 Å². The first-order valence-corrected chi connectivity index (χ1v) is 16.8. The molecule has 46 heavy (non-hydrogen) atoms. The number of aliphatic hydroxyl groups is 1. The van der Waals surface area contributed by atoms with Crippen LogP contribution in [-0.2, 0) is 19.8 Å². The number of β-amino-alcohol motifs (C(OH)–C–C–N with tert-alkyl or cyclic N) is 1. The molecule has 3 aromatic carbocycles. The molecular weight excluding hydrogens is 576 g/mol. The first-order chi connectivity index (χ1) is 22.4. The van der Waals surface area contributed by atoms with Crippen LogP contribution in [0.25, 0.3) is 0 Å². The molecule has 0 aromatic heterocycles. The normalized spacial score (nSPS) is 23.8. The van der Waals surface area contributed by atoms with E-state index in [4.69, 9.17) is 0 Å². The molecular formula is C38H46N4O4. The maximum atomic E-state index is 14.5. The van der Waals surface area contributed by atoms with Crippen LogP contribution in [0.3, 0.4) is 0 Å². The van der Waals surface area contributed by atoms with Crippen LogP contribution >= 0.6 is 0 Å². The fraction of sp³-hybridized carbons (Fsp3) is 0.447. The van der Waals surface area contributed by atoms with Crippen molar-refractivity contribution in [1.29, 1.82) is 0 Å². The molecule has 2 N–H and O–H groups in total. The molecule has 0 saturated carbocycles. The number of amides is 3. The molecule has 3 saturated heterocycles. The number of likely N-dealkylation sites (tertiary alicyclic amines) is 3. The van der Waals surface area contributed by atoms with Crippen LogP contribution in [0.15, 0.2) is 91.0 Å². The van der Waals surface area contributed by atoms with Gasteiger partial charge < -0.3 is 25.1 Å². The van der Waals surface area contributed by atoms with E-state index in [1.165, 1.54) is 0 Å². The lowest BCUT2D eigenvalue weighted by Crippen LogP contribution is -2.54. The number of aliphatic hydroxyl groups excluding tert-OH is 1. The first kappa shape index (κ1) is 32.0. The lowest BCUT2D eigenvalue weighted by molar-refractivity contribution is -0.146. The lowest BCUT2D eigenvalue weighted by atomic mass is 9.67. The quantitative estimate of drug-likeness (QED) is 0.354. The van der Waals surface area contributed by atoms with E-state index in [9.17, 15) is 19.5 Å². The molecule has 0 aliphatic carbocycles. The number of hydrogen-bond donors (Lipinski definition) is 2. The van der Waals surface area contributed by atoms with Crippen LogP contribution in [0.4, 0.5) is 0 Å². The average Bonchev–Trinajstić information content (AvgIpc) is 3.74. The predicted octanol–water partition coefficient (Wildman–Crippen LogP) is 3.82. The molecule has 0 spiro atoms. The van der Waals surface area contributed by atoms with Crippen LogP contribution in [0.2, 0.25) is 0 Å². The van der Waals surface area contributed by atoms with Gasteiger partial charge in [-0.15, -0.1) is 0 Å². The number of nitrogens with zero attached hydrogens (tertiary/aromatic N) is 3. The summed E-state index contributed by atoms with van der Waals surface area (Å²) in [6.07, 6.45) is 2.99. The second-order valence-corrected chi connectivity index (χ2v) is 13.3. The summed E-state index contributed by atoms with van der Waals surface area (Å²) in [5.74, 6) is -0.157. The molecule has 4 atom stereocenters. The Morgan fingerprint density at radius 3 is 1.89 bits per heavy atom. The number of hydrogen-bond acceptors (Lipinski definition) is 5. The molecule has 3 fully saturated rings. The molecule has 8 heteroatoms.